The van der Waals surface area contributed by atoms with Gasteiger partial charge in [0.15, 0.2) is 5.13 Å². The predicted molar refractivity (Wildman–Crippen MR) is 117 cm³/mol. The fourth-order valence-electron chi connectivity index (χ4n) is 2.92. The molecule has 3 unspecified atom stereocenters. The number of hydrogen-bond acceptors (Lipinski definition) is 7. The van der Waals surface area contributed by atoms with Gasteiger partial charge in [0, 0.05) is 17.9 Å². The first-order valence-electron chi connectivity index (χ1n) is 9.47. The van der Waals surface area contributed by atoms with Crippen LogP contribution in [-0.2, 0) is 16.4 Å². The fourth-order valence-corrected chi connectivity index (χ4v) is 4.46. The minimum atomic E-state index is -3.59. The van der Waals surface area contributed by atoms with Crippen molar-refractivity contribution in [2.75, 3.05) is 11.0 Å². The molecule has 8 nitrogen and oxygen atoms in total. The van der Waals surface area contributed by atoms with Crippen LogP contribution in [0.1, 0.15) is 35.3 Å². The molecule has 0 saturated carbocycles. The summed E-state index contributed by atoms with van der Waals surface area (Å²) >= 11 is 0.876. The second kappa shape index (κ2) is 11.3. The highest BCUT2D eigenvalue weighted by Gasteiger charge is 2.29. The number of aliphatic hydroxyl groups is 2. The van der Waals surface area contributed by atoms with Crippen LogP contribution in [0.5, 0.6) is 0 Å². The van der Waals surface area contributed by atoms with Gasteiger partial charge in [0.2, 0.25) is 10.0 Å². The van der Waals surface area contributed by atoms with E-state index in [2.05, 4.69) is 20.9 Å². The Bertz CT molecular complexity index is 1060. The van der Waals surface area contributed by atoms with E-state index in [9.17, 15) is 32.2 Å². The van der Waals surface area contributed by atoms with Crippen molar-refractivity contribution in [3.8, 4) is 12.3 Å². The summed E-state index contributed by atoms with van der Waals surface area (Å²) in [5.41, 5.74) is 0.0194. The number of aliphatic hydroxyl groups excluding tert-OH is 2. The van der Waals surface area contributed by atoms with E-state index in [1.165, 1.54) is 5.38 Å². The smallest absolute Gasteiger partial charge is 0.271 e. The Morgan fingerprint density at radius 1 is 1.28 bits per heavy atom. The van der Waals surface area contributed by atoms with Crippen molar-refractivity contribution in [2.45, 2.75) is 43.9 Å². The number of sulfonamides is 1. The lowest BCUT2D eigenvalue weighted by Gasteiger charge is -2.28. The largest absolute Gasteiger partial charge is 0.390 e. The fraction of sp³-hybridized carbons (Fsp3) is 0.400. The molecule has 32 heavy (non-hydrogen) atoms. The number of amides is 1. The number of carbonyl (C=O) groups excluding carboxylic acids is 1. The van der Waals surface area contributed by atoms with Crippen molar-refractivity contribution in [3.63, 3.8) is 0 Å². The molecule has 1 heterocycles. The molecule has 0 saturated heterocycles. The standard InChI is InChI=1S/C20H23F2N3O5S2/c1-3-4-5-6-17(26)18(27)15(9-12-7-13(21)10-14(22)8-12)23-19(28)16-11-31-20(24-16)25-32(2,29)30/h1,7-8,10-11,15,17-18,26-27H,4-6,9H2,2H3,(H,23,28)(H,24,25). The van der Waals surface area contributed by atoms with Crippen LogP contribution in [0.15, 0.2) is 23.6 Å². The molecule has 2 rings (SSSR count). The molecular weight excluding hydrogens is 464 g/mol. The first-order chi connectivity index (χ1) is 15.0. The maximum absolute atomic E-state index is 13.6. The zero-order valence-corrected chi connectivity index (χ0v) is 18.7. The average molecular weight is 488 g/mol. The molecule has 174 valence electrons. The summed E-state index contributed by atoms with van der Waals surface area (Å²) in [7, 11) is -3.59. The van der Waals surface area contributed by atoms with Crippen LogP contribution < -0.4 is 10.0 Å². The van der Waals surface area contributed by atoms with Gasteiger partial charge in [-0.15, -0.1) is 23.7 Å². The molecule has 1 amide bonds. The topological polar surface area (TPSA) is 129 Å². The van der Waals surface area contributed by atoms with Crippen molar-refractivity contribution in [1.82, 2.24) is 10.3 Å². The normalized spacial score (nSPS) is 14.2. The van der Waals surface area contributed by atoms with Gasteiger partial charge in [0.1, 0.15) is 23.4 Å². The molecule has 0 aliphatic carbocycles. The molecule has 12 heteroatoms. The molecule has 0 radical (unpaired) electrons. The van der Waals surface area contributed by atoms with Gasteiger partial charge in [-0.3, -0.25) is 9.52 Å². The molecule has 4 N–H and O–H groups in total. The molecule has 0 aliphatic heterocycles. The summed E-state index contributed by atoms with van der Waals surface area (Å²) in [5.74, 6) is -0.00752. The lowest BCUT2D eigenvalue weighted by molar-refractivity contribution is -0.00792. The number of halogens is 2. The Morgan fingerprint density at radius 3 is 2.53 bits per heavy atom. The summed E-state index contributed by atoms with van der Waals surface area (Å²) in [4.78, 5) is 16.5. The highest BCUT2D eigenvalue weighted by molar-refractivity contribution is 7.92. The van der Waals surface area contributed by atoms with E-state index in [-0.39, 0.29) is 29.2 Å². The minimum Gasteiger partial charge on any atom is -0.390 e. The summed E-state index contributed by atoms with van der Waals surface area (Å²) < 4.78 is 51.9. The number of hydrogen-bond donors (Lipinski definition) is 4. The Kier molecular flexibility index (Phi) is 9.09. The number of carbonyl (C=O) groups is 1. The van der Waals surface area contributed by atoms with Gasteiger partial charge in [-0.2, -0.15) is 0 Å². The van der Waals surface area contributed by atoms with Gasteiger partial charge in [0.05, 0.1) is 18.4 Å². The van der Waals surface area contributed by atoms with E-state index in [1.807, 2.05) is 0 Å². The van der Waals surface area contributed by atoms with Crippen molar-refractivity contribution in [2.24, 2.45) is 0 Å². The first-order valence-corrected chi connectivity index (χ1v) is 12.2. The van der Waals surface area contributed by atoms with Gasteiger partial charge in [0.25, 0.3) is 5.91 Å². The van der Waals surface area contributed by atoms with Gasteiger partial charge in [-0.25, -0.2) is 22.2 Å². The Hall–Kier alpha value is -2.59. The molecular formula is C20H23F2N3O5S2. The quantitative estimate of drug-likeness (QED) is 0.282. The molecule has 0 aliphatic rings. The number of thiazole rings is 1. The monoisotopic (exact) mass is 487 g/mol. The van der Waals surface area contributed by atoms with Crippen LogP contribution in [0.4, 0.5) is 13.9 Å². The van der Waals surface area contributed by atoms with Crippen LogP contribution in [0.25, 0.3) is 0 Å². The van der Waals surface area contributed by atoms with Crippen molar-refractivity contribution in [1.29, 1.82) is 0 Å². The second-order valence-corrected chi connectivity index (χ2v) is 9.73. The number of rotatable bonds is 11. The maximum atomic E-state index is 13.6. The lowest BCUT2D eigenvalue weighted by Crippen LogP contribution is -2.50. The number of nitrogens with one attached hydrogen (secondary N) is 2. The molecule has 0 bridgehead atoms. The van der Waals surface area contributed by atoms with E-state index >= 15 is 0 Å². The zero-order chi connectivity index (χ0) is 23.9. The van der Waals surface area contributed by atoms with E-state index in [0.717, 1.165) is 29.7 Å². The van der Waals surface area contributed by atoms with Crippen LogP contribution >= 0.6 is 11.3 Å². The van der Waals surface area contributed by atoms with Crippen LogP contribution in [0.3, 0.4) is 0 Å². The minimum absolute atomic E-state index is 0.0312. The molecule has 1 aromatic carbocycles. The molecule has 0 spiro atoms. The molecule has 1 aromatic heterocycles. The Labute approximate surface area is 188 Å². The number of unbranched alkanes of at least 4 members (excludes halogenated alkanes) is 1. The van der Waals surface area contributed by atoms with Crippen molar-refractivity contribution >= 4 is 32.4 Å². The molecule has 0 fully saturated rings. The molecule has 3 atom stereocenters. The van der Waals surface area contributed by atoms with Crippen LogP contribution in [0.2, 0.25) is 0 Å². The maximum Gasteiger partial charge on any atom is 0.271 e. The summed E-state index contributed by atoms with van der Waals surface area (Å²) in [6.07, 6.45) is 4.14. The van der Waals surface area contributed by atoms with Crippen molar-refractivity contribution < 1.29 is 32.2 Å². The number of benzene rings is 1. The summed E-state index contributed by atoms with van der Waals surface area (Å²) in [5, 5.41) is 24.7. The van der Waals surface area contributed by atoms with E-state index < -0.39 is 45.8 Å². The summed E-state index contributed by atoms with van der Waals surface area (Å²) in [6.45, 7) is 0. The van der Waals surface area contributed by atoms with Crippen molar-refractivity contribution in [3.05, 3.63) is 46.5 Å². The van der Waals surface area contributed by atoms with E-state index in [1.54, 1.807) is 0 Å². The molecule has 2 aromatic rings. The third-order valence-electron chi connectivity index (χ3n) is 4.33. The van der Waals surface area contributed by atoms with E-state index in [4.69, 9.17) is 6.42 Å². The number of terminal acetylenes is 1. The number of nitrogens with zero attached hydrogens (tertiary/aromatic N) is 1. The van der Waals surface area contributed by atoms with Gasteiger partial charge in [-0.1, -0.05) is 0 Å². The van der Waals surface area contributed by atoms with Gasteiger partial charge < -0.3 is 15.5 Å². The first kappa shape index (κ1) is 25.7. The Balaban J connectivity index is 2.21. The van der Waals surface area contributed by atoms with Crippen LogP contribution in [0, 0.1) is 24.0 Å². The number of anilines is 1. The SMILES string of the molecule is C#CCCCC(O)C(O)C(Cc1cc(F)cc(F)c1)NC(=O)c1csc(NS(C)(=O)=O)n1. The third-order valence-corrected chi connectivity index (χ3v) is 5.78. The van der Waals surface area contributed by atoms with Crippen LogP contribution in [-0.4, -0.2) is 54.0 Å². The van der Waals surface area contributed by atoms with Gasteiger partial charge >= 0.3 is 0 Å². The zero-order valence-electron chi connectivity index (χ0n) is 17.1. The second-order valence-electron chi connectivity index (χ2n) is 7.13. The number of aromatic nitrogens is 1. The average Bonchev–Trinajstić information content (AvgIpc) is 3.13. The Morgan fingerprint density at radius 2 is 1.94 bits per heavy atom. The lowest BCUT2D eigenvalue weighted by atomic mass is 9.95. The van der Waals surface area contributed by atoms with E-state index in [0.29, 0.717) is 18.9 Å². The summed E-state index contributed by atoms with van der Waals surface area (Å²) in [6, 6.07) is 1.67. The predicted octanol–water partition coefficient (Wildman–Crippen LogP) is 1.66. The highest BCUT2D eigenvalue weighted by atomic mass is 32.2. The third kappa shape index (κ3) is 8.16. The highest BCUT2D eigenvalue weighted by Crippen LogP contribution is 2.19. The van der Waals surface area contributed by atoms with Gasteiger partial charge in [-0.05, 0) is 37.0 Å².